The normalized spacial score (nSPS) is 10.4. The third-order valence-electron chi connectivity index (χ3n) is 2.88. The van der Waals surface area contributed by atoms with E-state index in [9.17, 15) is 4.79 Å². The Morgan fingerprint density at radius 1 is 1.33 bits per heavy atom. The van der Waals surface area contributed by atoms with Crippen molar-refractivity contribution in [3.63, 3.8) is 0 Å². The van der Waals surface area contributed by atoms with Gasteiger partial charge in [0.1, 0.15) is 4.88 Å². The highest BCUT2D eigenvalue weighted by molar-refractivity contribution is 7.17. The van der Waals surface area contributed by atoms with Crippen LogP contribution in [0.3, 0.4) is 0 Å². The first-order chi connectivity index (χ1) is 10.2. The van der Waals surface area contributed by atoms with Gasteiger partial charge in [0.2, 0.25) is 0 Å². The van der Waals surface area contributed by atoms with E-state index in [-0.39, 0.29) is 5.91 Å². The van der Waals surface area contributed by atoms with Gasteiger partial charge in [-0.05, 0) is 12.5 Å². The number of carbonyl (C=O) groups excluding carboxylic acids is 1. The van der Waals surface area contributed by atoms with Crippen molar-refractivity contribution in [3.8, 4) is 0 Å². The van der Waals surface area contributed by atoms with Crippen molar-refractivity contribution in [2.75, 3.05) is 25.6 Å². The van der Waals surface area contributed by atoms with Crippen LogP contribution in [0.15, 0.2) is 30.3 Å². The molecule has 1 heterocycles. The molecule has 0 unspecified atom stereocenters. The molecule has 5 nitrogen and oxygen atoms in total. The number of rotatable bonds is 7. The fourth-order valence-electron chi connectivity index (χ4n) is 1.80. The van der Waals surface area contributed by atoms with Gasteiger partial charge in [-0.1, -0.05) is 41.7 Å². The molecule has 0 spiro atoms. The lowest BCUT2D eigenvalue weighted by atomic mass is 10.2. The van der Waals surface area contributed by atoms with E-state index in [1.165, 1.54) is 11.3 Å². The van der Waals surface area contributed by atoms with Crippen LogP contribution in [0.1, 0.15) is 20.9 Å². The number of aryl methyl sites for hydroxylation is 1. The van der Waals surface area contributed by atoms with E-state index < -0.39 is 0 Å². The maximum Gasteiger partial charge on any atom is 0.263 e. The van der Waals surface area contributed by atoms with Crippen LogP contribution in [0, 0.1) is 6.92 Å². The van der Waals surface area contributed by atoms with Crippen LogP contribution in [0.5, 0.6) is 0 Å². The van der Waals surface area contributed by atoms with Gasteiger partial charge in [0.25, 0.3) is 5.91 Å². The summed E-state index contributed by atoms with van der Waals surface area (Å²) in [5, 5.41) is 6.80. The maximum absolute atomic E-state index is 12.2. The van der Waals surface area contributed by atoms with Gasteiger partial charge >= 0.3 is 0 Å². The van der Waals surface area contributed by atoms with Gasteiger partial charge in [0, 0.05) is 20.2 Å². The van der Waals surface area contributed by atoms with Crippen molar-refractivity contribution < 1.29 is 9.53 Å². The summed E-state index contributed by atoms with van der Waals surface area (Å²) in [4.78, 5) is 17.2. The third kappa shape index (κ3) is 4.54. The highest BCUT2D eigenvalue weighted by atomic mass is 32.1. The van der Waals surface area contributed by atoms with Crippen LogP contribution in [0.2, 0.25) is 0 Å². The Balaban J connectivity index is 1.92. The molecule has 0 aliphatic rings. The lowest BCUT2D eigenvalue weighted by molar-refractivity contribution is 0.0954. The largest absolute Gasteiger partial charge is 0.383 e. The molecule has 1 aromatic heterocycles. The zero-order valence-corrected chi connectivity index (χ0v) is 13.0. The quantitative estimate of drug-likeness (QED) is 0.771. The topological polar surface area (TPSA) is 63.2 Å². The van der Waals surface area contributed by atoms with E-state index in [1.807, 2.05) is 37.3 Å². The van der Waals surface area contributed by atoms with E-state index >= 15 is 0 Å². The van der Waals surface area contributed by atoms with Crippen LogP contribution in [0.25, 0.3) is 0 Å². The Morgan fingerprint density at radius 3 is 2.81 bits per heavy atom. The number of amides is 1. The summed E-state index contributed by atoms with van der Waals surface area (Å²) in [6.07, 6.45) is 0. The number of nitrogens with one attached hydrogen (secondary N) is 2. The molecule has 0 saturated heterocycles. The van der Waals surface area contributed by atoms with E-state index in [4.69, 9.17) is 4.74 Å². The fraction of sp³-hybridized carbons (Fsp3) is 0.333. The van der Waals surface area contributed by atoms with E-state index in [0.717, 1.165) is 16.4 Å². The number of ether oxygens (including phenoxy) is 1. The van der Waals surface area contributed by atoms with Crippen LogP contribution in [-0.2, 0) is 11.3 Å². The molecule has 0 radical (unpaired) electrons. The Labute approximate surface area is 128 Å². The lowest BCUT2D eigenvalue weighted by Crippen LogP contribution is -2.22. The monoisotopic (exact) mass is 305 g/mol. The van der Waals surface area contributed by atoms with Crippen LogP contribution >= 0.6 is 11.3 Å². The third-order valence-corrected chi connectivity index (χ3v) is 4.00. The van der Waals surface area contributed by atoms with Crippen molar-refractivity contribution in [1.29, 1.82) is 0 Å². The average molecular weight is 305 g/mol. The van der Waals surface area contributed by atoms with Crippen LogP contribution < -0.4 is 10.6 Å². The summed E-state index contributed by atoms with van der Waals surface area (Å²) in [5.41, 5.74) is 1.82. The molecule has 0 aliphatic carbocycles. The molecule has 0 aliphatic heterocycles. The molecule has 0 fully saturated rings. The van der Waals surface area contributed by atoms with E-state index in [1.54, 1.807) is 7.11 Å². The van der Waals surface area contributed by atoms with E-state index in [0.29, 0.717) is 24.6 Å². The van der Waals surface area contributed by atoms with Gasteiger partial charge in [-0.25, -0.2) is 4.98 Å². The second kappa shape index (κ2) is 7.75. The number of benzene rings is 1. The molecule has 2 N–H and O–H groups in total. The molecular weight excluding hydrogens is 286 g/mol. The highest BCUT2D eigenvalue weighted by Crippen LogP contribution is 2.22. The molecule has 1 amide bonds. The molecule has 2 aromatic rings. The van der Waals surface area contributed by atoms with Gasteiger partial charge < -0.3 is 15.4 Å². The molecule has 2 rings (SSSR count). The Bertz CT molecular complexity index is 584. The van der Waals surface area contributed by atoms with Gasteiger partial charge in [-0.15, -0.1) is 0 Å². The summed E-state index contributed by atoms with van der Waals surface area (Å²) in [6.45, 7) is 3.64. The standard InChI is InChI=1S/C15H19N3O2S/c1-11-13(21-15(18-11)16-8-9-20-2)14(19)17-10-12-6-4-3-5-7-12/h3-7H,8-10H2,1-2H3,(H,16,18)(H,17,19). The van der Waals surface area contributed by atoms with Crippen molar-refractivity contribution in [2.24, 2.45) is 0 Å². The fourth-order valence-corrected chi connectivity index (χ4v) is 2.71. The number of carbonyl (C=O) groups is 1. The summed E-state index contributed by atoms with van der Waals surface area (Å²) >= 11 is 1.36. The molecule has 0 atom stereocenters. The first-order valence-electron chi connectivity index (χ1n) is 6.73. The number of nitrogens with zero attached hydrogens (tertiary/aromatic N) is 1. The number of anilines is 1. The van der Waals surface area contributed by atoms with Crippen molar-refractivity contribution in [1.82, 2.24) is 10.3 Å². The minimum Gasteiger partial charge on any atom is -0.383 e. The lowest BCUT2D eigenvalue weighted by Gasteiger charge is -2.03. The Hall–Kier alpha value is -1.92. The second-order valence-corrected chi connectivity index (χ2v) is 5.52. The maximum atomic E-state index is 12.2. The minimum atomic E-state index is -0.0892. The Morgan fingerprint density at radius 2 is 2.10 bits per heavy atom. The molecule has 112 valence electrons. The average Bonchev–Trinajstić information content (AvgIpc) is 2.87. The molecule has 21 heavy (non-hydrogen) atoms. The first-order valence-corrected chi connectivity index (χ1v) is 7.54. The highest BCUT2D eigenvalue weighted by Gasteiger charge is 2.14. The van der Waals surface area contributed by atoms with Crippen molar-refractivity contribution >= 4 is 22.4 Å². The summed E-state index contributed by atoms with van der Waals surface area (Å²) in [7, 11) is 1.65. The van der Waals surface area contributed by atoms with Crippen LogP contribution in [0.4, 0.5) is 5.13 Å². The number of thiazole rings is 1. The molecular formula is C15H19N3O2S. The molecule has 0 saturated carbocycles. The Kier molecular flexibility index (Phi) is 5.71. The summed E-state index contributed by atoms with van der Waals surface area (Å²) < 4.78 is 4.97. The van der Waals surface area contributed by atoms with Gasteiger partial charge in [-0.3, -0.25) is 4.79 Å². The molecule has 6 heteroatoms. The van der Waals surface area contributed by atoms with E-state index in [2.05, 4.69) is 15.6 Å². The number of hydrogen-bond acceptors (Lipinski definition) is 5. The van der Waals surface area contributed by atoms with Crippen molar-refractivity contribution in [2.45, 2.75) is 13.5 Å². The number of aromatic nitrogens is 1. The summed E-state index contributed by atoms with van der Waals surface area (Å²) in [6, 6.07) is 9.83. The zero-order valence-electron chi connectivity index (χ0n) is 12.2. The van der Waals surface area contributed by atoms with Crippen molar-refractivity contribution in [3.05, 3.63) is 46.5 Å². The van der Waals surface area contributed by atoms with Gasteiger partial charge in [0.15, 0.2) is 5.13 Å². The second-order valence-electron chi connectivity index (χ2n) is 4.52. The minimum absolute atomic E-state index is 0.0892. The van der Waals surface area contributed by atoms with Gasteiger partial charge in [0.05, 0.1) is 12.3 Å². The van der Waals surface area contributed by atoms with Gasteiger partial charge in [-0.2, -0.15) is 0 Å². The van der Waals surface area contributed by atoms with Crippen LogP contribution in [-0.4, -0.2) is 31.2 Å². The smallest absolute Gasteiger partial charge is 0.263 e. The first kappa shape index (κ1) is 15.5. The predicted molar refractivity (Wildman–Crippen MR) is 84.8 cm³/mol. The number of methoxy groups -OCH3 is 1. The molecule has 1 aromatic carbocycles. The zero-order chi connectivity index (χ0) is 15.1. The summed E-state index contributed by atoms with van der Waals surface area (Å²) in [5.74, 6) is -0.0892. The predicted octanol–water partition coefficient (Wildman–Crippen LogP) is 2.44. The number of hydrogen-bond donors (Lipinski definition) is 2. The SMILES string of the molecule is COCCNc1nc(C)c(C(=O)NCc2ccccc2)s1. The molecule has 0 bridgehead atoms.